The Morgan fingerprint density at radius 2 is 1.80 bits per heavy atom. The fourth-order valence-electron chi connectivity index (χ4n) is 8.13. The van der Waals surface area contributed by atoms with Crippen molar-refractivity contribution in [2.45, 2.75) is 49.7 Å². The van der Waals surface area contributed by atoms with Crippen molar-refractivity contribution < 1.29 is 18.3 Å². The summed E-state index contributed by atoms with van der Waals surface area (Å²) in [6, 6.07) is 12.6. The number of hydrogen-bond donors (Lipinski definition) is 0. The largest absolute Gasteiger partial charge is 0.461 e. The molecule has 5 heterocycles. The van der Waals surface area contributed by atoms with Gasteiger partial charge in [0.1, 0.15) is 17.9 Å². The van der Waals surface area contributed by atoms with Crippen molar-refractivity contribution in [3.8, 4) is 17.1 Å². The third-order valence-electron chi connectivity index (χ3n) is 10.3. The Hall–Kier alpha value is -3.53. The lowest BCUT2D eigenvalue weighted by atomic mass is 9.94. The highest BCUT2D eigenvalue weighted by molar-refractivity contribution is 6.38. The number of carbonyl (C=O) groups is 1. The van der Waals surface area contributed by atoms with Crippen molar-refractivity contribution in [2.24, 2.45) is 0 Å². The molecule has 232 valence electrons. The number of anilines is 1. The predicted octanol–water partition coefficient (Wildman–Crippen LogP) is 7.18. The number of benzene rings is 3. The van der Waals surface area contributed by atoms with Gasteiger partial charge in [0.2, 0.25) is 0 Å². The standard InChI is InChI=1S/C34H31Cl2F2N5O2/c1-19(37)32(44)42-15-10-25-26(42)17-43(25)31-22-16-24(36)28(21-8-2-6-20-7-3-9-23(35)27(20)21)29(38)30(22)39-33(40-31)45-18-34-11-4-13-41(34)14-5-12-34/h2-3,6-9,16,25-26H,1,4-5,10-15,17-18H2/t25?,26-/m1/s1. The topological polar surface area (TPSA) is 61.8 Å². The quantitative estimate of drug-likeness (QED) is 0.206. The molecular weight excluding hydrogens is 619 g/mol. The van der Waals surface area contributed by atoms with Crippen LogP contribution in [-0.2, 0) is 4.79 Å². The van der Waals surface area contributed by atoms with E-state index in [1.807, 2.05) is 29.2 Å². The fraction of sp³-hybridized carbons (Fsp3) is 0.382. The maximum Gasteiger partial charge on any atom is 0.319 e. The molecule has 4 aliphatic rings. The van der Waals surface area contributed by atoms with E-state index in [2.05, 4.69) is 16.5 Å². The van der Waals surface area contributed by atoms with Crippen LogP contribution in [0.15, 0.2) is 54.9 Å². The summed E-state index contributed by atoms with van der Waals surface area (Å²) < 4.78 is 37.0. The highest BCUT2D eigenvalue weighted by atomic mass is 35.5. The third-order valence-corrected chi connectivity index (χ3v) is 10.9. The number of nitrogens with zero attached hydrogens (tertiary/aromatic N) is 5. The lowest BCUT2D eigenvalue weighted by molar-refractivity contribution is -0.130. The second-order valence-electron chi connectivity index (χ2n) is 12.6. The van der Waals surface area contributed by atoms with E-state index in [-0.39, 0.29) is 39.7 Å². The van der Waals surface area contributed by atoms with E-state index in [4.69, 9.17) is 32.9 Å². The highest BCUT2D eigenvalue weighted by Crippen LogP contribution is 2.46. The van der Waals surface area contributed by atoms with Gasteiger partial charge in [-0.15, -0.1) is 0 Å². The summed E-state index contributed by atoms with van der Waals surface area (Å²) >= 11 is 13.5. The van der Waals surface area contributed by atoms with Gasteiger partial charge in [-0.3, -0.25) is 9.69 Å². The molecule has 45 heavy (non-hydrogen) atoms. The smallest absolute Gasteiger partial charge is 0.319 e. The Morgan fingerprint density at radius 1 is 1.04 bits per heavy atom. The average molecular weight is 651 g/mol. The molecule has 4 aliphatic heterocycles. The number of ether oxygens (including phenoxy) is 1. The lowest BCUT2D eigenvalue weighted by Crippen LogP contribution is -2.63. The van der Waals surface area contributed by atoms with Crippen LogP contribution in [0.25, 0.3) is 32.8 Å². The molecule has 0 radical (unpaired) electrons. The molecule has 4 saturated heterocycles. The van der Waals surface area contributed by atoms with E-state index in [1.54, 1.807) is 18.2 Å². The molecule has 3 aromatic carbocycles. The van der Waals surface area contributed by atoms with Crippen LogP contribution in [0.2, 0.25) is 10.0 Å². The molecule has 7 nitrogen and oxygen atoms in total. The first kappa shape index (κ1) is 28.9. The van der Waals surface area contributed by atoms with Gasteiger partial charge in [-0.05, 0) is 68.3 Å². The molecule has 11 heteroatoms. The number of fused-ring (bicyclic) bond motifs is 4. The summed E-state index contributed by atoms with van der Waals surface area (Å²) in [7, 11) is 0. The monoisotopic (exact) mass is 649 g/mol. The SMILES string of the molecule is C=C(F)C(=O)N1CCC2[C@H]1CN2c1nc(OCC23CCCN2CCC3)nc2c(F)c(-c3cccc4cccc(Cl)c34)c(Cl)cc12. The van der Waals surface area contributed by atoms with Gasteiger partial charge in [0.05, 0.1) is 22.6 Å². The van der Waals surface area contributed by atoms with E-state index in [0.29, 0.717) is 53.3 Å². The minimum atomic E-state index is -0.973. The summed E-state index contributed by atoms with van der Waals surface area (Å²) in [6.45, 7) is 6.52. The summed E-state index contributed by atoms with van der Waals surface area (Å²) in [4.78, 5) is 28.0. The maximum absolute atomic E-state index is 16.9. The molecule has 0 spiro atoms. The van der Waals surface area contributed by atoms with Crippen molar-refractivity contribution in [1.29, 1.82) is 0 Å². The second-order valence-corrected chi connectivity index (χ2v) is 13.4. The van der Waals surface area contributed by atoms with Crippen LogP contribution in [0.4, 0.5) is 14.6 Å². The van der Waals surface area contributed by atoms with E-state index < -0.39 is 17.6 Å². The van der Waals surface area contributed by atoms with E-state index >= 15 is 4.39 Å². The molecular formula is C34H31Cl2F2N5O2. The highest BCUT2D eigenvalue weighted by Gasteiger charge is 2.50. The third kappa shape index (κ3) is 4.49. The lowest BCUT2D eigenvalue weighted by Gasteiger charge is -2.47. The van der Waals surface area contributed by atoms with Gasteiger partial charge >= 0.3 is 6.01 Å². The van der Waals surface area contributed by atoms with Crippen LogP contribution < -0.4 is 9.64 Å². The summed E-state index contributed by atoms with van der Waals surface area (Å²) in [5.41, 5.74) is 0.815. The zero-order chi connectivity index (χ0) is 31.0. The van der Waals surface area contributed by atoms with Gasteiger partial charge in [0.15, 0.2) is 11.6 Å². The Morgan fingerprint density at radius 3 is 2.56 bits per heavy atom. The van der Waals surface area contributed by atoms with Crippen molar-refractivity contribution >= 4 is 56.6 Å². The maximum atomic E-state index is 16.9. The van der Waals surface area contributed by atoms with Crippen LogP contribution in [0.3, 0.4) is 0 Å². The number of rotatable bonds is 6. The van der Waals surface area contributed by atoms with Crippen LogP contribution in [-0.4, -0.2) is 76.1 Å². The van der Waals surface area contributed by atoms with E-state index in [0.717, 1.165) is 44.2 Å². The first-order valence-electron chi connectivity index (χ1n) is 15.4. The predicted molar refractivity (Wildman–Crippen MR) is 172 cm³/mol. The Labute approximate surface area is 269 Å². The van der Waals surface area contributed by atoms with E-state index in [1.165, 1.54) is 4.90 Å². The average Bonchev–Trinajstić information content (AvgIpc) is 3.69. The van der Waals surface area contributed by atoms with Crippen LogP contribution in [0, 0.1) is 5.82 Å². The van der Waals surface area contributed by atoms with Gasteiger partial charge in [-0.25, -0.2) is 8.78 Å². The second kappa shape index (κ2) is 10.8. The molecule has 4 aromatic rings. The number of likely N-dealkylation sites (tertiary alicyclic amines) is 1. The molecule has 1 amide bonds. The Kier molecular flexibility index (Phi) is 6.93. The van der Waals surface area contributed by atoms with Crippen molar-refractivity contribution in [3.05, 3.63) is 70.7 Å². The number of hydrogen-bond acceptors (Lipinski definition) is 6. The molecule has 0 bridgehead atoms. The van der Waals surface area contributed by atoms with Crippen LogP contribution in [0.1, 0.15) is 32.1 Å². The van der Waals surface area contributed by atoms with Crippen molar-refractivity contribution in [1.82, 2.24) is 19.8 Å². The van der Waals surface area contributed by atoms with Gasteiger partial charge in [0.25, 0.3) is 5.91 Å². The van der Waals surface area contributed by atoms with Crippen molar-refractivity contribution in [2.75, 3.05) is 37.7 Å². The molecule has 2 atom stereocenters. The number of halogens is 4. The summed E-state index contributed by atoms with van der Waals surface area (Å²) in [6.07, 6.45) is 4.95. The van der Waals surface area contributed by atoms with Gasteiger partial charge in [-0.2, -0.15) is 9.97 Å². The molecule has 1 unspecified atom stereocenters. The van der Waals surface area contributed by atoms with Gasteiger partial charge in [-0.1, -0.05) is 60.1 Å². The Balaban J connectivity index is 1.24. The van der Waals surface area contributed by atoms with Crippen molar-refractivity contribution in [3.63, 3.8) is 0 Å². The minimum absolute atomic E-state index is 0.0508. The van der Waals surface area contributed by atoms with Crippen LogP contribution in [0.5, 0.6) is 6.01 Å². The number of amides is 1. The fourth-order valence-corrected chi connectivity index (χ4v) is 8.70. The van der Waals surface area contributed by atoms with Gasteiger partial charge < -0.3 is 14.5 Å². The first-order valence-corrected chi connectivity index (χ1v) is 16.2. The summed E-state index contributed by atoms with van der Waals surface area (Å²) in [5, 5.41) is 2.70. The number of aromatic nitrogens is 2. The number of carbonyl (C=O) groups excluding carboxylic acids is 1. The normalized spacial score (nSPS) is 22.1. The van der Waals surface area contributed by atoms with Gasteiger partial charge in [0, 0.05) is 34.4 Å². The zero-order valence-electron chi connectivity index (χ0n) is 24.5. The van der Waals surface area contributed by atoms with Crippen LogP contribution >= 0.6 is 23.2 Å². The molecule has 0 N–H and O–H groups in total. The Bertz CT molecular complexity index is 1890. The molecule has 0 aliphatic carbocycles. The summed E-state index contributed by atoms with van der Waals surface area (Å²) in [5.74, 6) is -1.77. The molecule has 4 fully saturated rings. The zero-order valence-corrected chi connectivity index (χ0v) is 26.1. The molecule has 1 aromatic heterocycles. The van der Waals surface area contributed by atoms with E-state index in [9.17, 15) is 9.18 Å². The molecule has 0 saturated carbocycles. The minimum Gasteiger partial charge on any atom is -0.461 e. The first-order chi connectivity index (χ1) is 21.8. The molecule has 8 rings (SSSR count).